The Morgan fingerprint density at radius 2 is 2.53 bits per heavy atom. The summed E-state index contributed by atoms with van der Waals surface area (Å²) in [5.74, 6) is -0.0199. The van der Waals surface area contributed by atoms with Gasteiger partial charge in [0, 0.05) is 0 Å². The third-order valence-corrected chi connectivity index (χ3v) is 3.11. The molecule has 1 atom stereocenters. The van der Waals surface area contributed by atoms with Gasteiger partial charge in [0.05, 0.1) is 12.2 Å². The predicted octanol–water partition coefficient (Wildman–Crippen LogP) is 1.91. The van der Waals surface area contributed by atoms with Gasteiger partial charge < -0.3 is 10.6 Å². The third kappa shape index (κ3) is 3.31. The van der Waals surface area contributed by atoms with Crippen LogP contribution in [0, 0.1) is 0 Å². The molecule has 0 aliphatic carbocycles. The number of nitrogens with zero attached hydrogens (tertiary/aromatic N) is 1. The molecule has 1 saturated heterocycles. The molecule has 2 N–H and O–H groups in total. The lowest BCUT2D eigenvalue weighted by Crippen LogP contribution is -2.35. The van der Waals surface area contributed by atoms with E-state index < -0.39 is 0 Å². The van der Waals surface area contributed by atoms with Crippen LogP contribution in [-0.4, -0.2) is 23.5 Å². The Hall–Kier alpha value is -0.360. The summed E-state index contributed by atoms with van der Waals surface area (Å²) in [6.07, 6.45) is 3.48. The van der Waals surface area contributed by atoms with E-state index in [2.05, 4.69) is 15.6 Å². The quantitative estimate of drug-likeness (QED) is 0.861. The first-order chi connectivity index (χ1) is 6.75. The van der Waals surface area contributed by atoms with Crippen molar-refractivity contribution < 1.29 is 4.79 Å². The average Bonchev–Trinajstić information content (AvgIpc) is 2.75. The number of rotatable bonds is 2. The van der Waals surface area contributed by atoms with Crippen LogP contribution in [0.5, 0.6) is 0 Å². The number of hydrogen-bond donors (Lipinski definition) is 2. The molecular formula is C8H11Cl2N3OS. The van der Waals surface area contributed by atoms with Gasteiger partial charge in [-0.2, -0.15) is 0 Å². The van der Waals surface area contributed by atoms with E-state index in [-0.39, 0.29) is 24.4 Å². The first-order valence-electron chi connectivity index (χ1n) is 4.41. The molecule has 0 saturated carbocycles. The van der Waals surface area contributed by atoms with E-state index in [4.69, 9.17) is 11.6 Å². The second-order valence-electron chi connectivity index (χ2n) is 3.11. The summed E-state index contributed by atoms with van der Waals surface area (Å²) in [6, 6.07) is -0.0716. The van der Waals surface area contributed by atoms with Crippen LogP contribution >= 0.6 is 35.3 Å². The molecule has 84 valence electrons. The Kier molecular flexibility index (Phi) is 4.79. The summed E-state index contributed by atoms with van der Waals surface area (Å²) in [5.41, 5.74) is 0. The van der Waals surface area contributed by atoms with Gasteiger partial charge >= 0.3 is 0 Å². The molecule has 0 bridgehead atoms. The maximum atomic E-state index is 11.6. The van der Waals surface area contributed by atoms with Gasteiger partial charge in [-0.3, -0.25) is 4.79 Å². The Morgan fingerprint density at radius 1 is 1.73 bits per heavy atom. The zero-order valence-corrected chi connectivity index (χ0v) is 10.2. The Bertz CT molecular complexity index is 338. The Labute approximate surface area is 103 Å². The lowest BCUT2D eigenvalue weighted by Gasteiger charge is -2.08. The van der Waals surface area contributed by atoms with E-state index >= 15 is 0 Å². The van der Waals surface area contributed by atoms with Gasteiger partial charge in [0.2, 0.25) is 5.91 Å². The van der Waals surface area contributed by atoms with Crippen LogP contribution < -0.4 is 10.6 Å². The van der Waals surface area contributed by atoms with Gasteiger partial charge in [0.15, 0.2) is 5.13 Å². The van der Waals surface area contributed by atoms with Crippen molar-refractivity contribution in [2.24, 2.45) is 0 Å². The number of hydrogen-bond acceptors (Lipinski definition) is 4. The van der Waals surface area contributed by atoms with Crippen LogP contribution in [-0.2, 0) is 4.79 Å². The van der Waals surface area contributed by atoms with Crippen LogP contribution in [0.2, 0.25) is 4.34 Å². The maximum Gasteiger partial charge on any atom is 0.243 e. The number of nitrogens with one attached hydrogen (secondary N) is 2. The molecule has 1 fully saturated rings. The van der Waals surface area contributed by atoms with Crippen LogP contribution in [0.3, 0.4) is 0 Å². The van der Waals surface area contributed by atoms with Gasteiger partial charge in [-0.15, -0.1) is 12.4 Å². The molecule has 4 nitrogen and oxygen atoms in total. The minimum absolute atomic E-state index is 0. The third-order valence-electron chi connectivity index (χ3n) is 2.08. The summed E-state index contributed by atoms with van der Waals surface area (Å²) < 4.78 is 0.583. The van der Waals surface area contributed by atoms with Crippen molar-refractivity contribution in [2.45, 2.75) is 18.9 Å². The van der Waals surface area contributed by atoms with Crippen molar-refractivity contribution >= 4 is 46.4 Å². The summed E-state index contributed by atoms with van der Waals surface area (Å²) in [6.45, 7) is 0.913. The molecule has 0 unspecified atom stereocenters. The lowest BCUT2D eigenvalue weighted by molar-refractivity contribution is -0.117. The Balaban J connectivity index is 0.00000112. The summed E-state index contributed by atoms with van der Waals surface area (Å²) in [4.78, 5) is 15.5. The molecule has 1 aromatic heterocycles. The highest BCUT2D eigenvalue weighted by atomic mass is 35.5. The van der Waals surface area contributed by atoms with Gasteiger partial charge in [0.25, 0.3) is 0 Å². The van der Waals surface area contributed by atoms with E-state index in [1.54, 1.807) is 0 Å². The molecule has 1 aromatic rings. The SMILES string of the molecule is Cl.O=C(Nc1ncc(Cl)s1)[C@@H]1CCCN1. The molecule has 0 radical (unpaired) electrons. The van der Waals surface area contributed by atoms with Crippen LogP contribution in [0.25, 0.3) is 0 Å². The molecule has 2 rings (SSSR count). The van der Waals surface area contributed by atoms with E-state index in [1.165, 1.54) is 17.5 Å². The molecule has 1 amide bonds. The standard InChI is InChI=1S/C8H10ClN3OS.ClH/c9-6-4-11-8(14-6)12-7(13)5-2-1-3-10-5;/h4-5,10H,1-3H2,(H,11,12,13);1H/t5-;/m0./s1. The molecule has 2 heterocycles. The fourth-order valence-corrected chi connectivity index (χ4v) is 2.23. The van der Waals surface area contributed by atoms with Crippen LogP contribution in [0.1, 0.15) is 12.8 Å². The maximum absolute atomic E-state index is 11.6. The minimum Gasteiger partial charge on any atom is -0.306 e. The summed E-state index contributed by atoms with van der Waals surface area (Å²) >= 11 is 6.96. The van der Waals surface area contributed by atoms with Crippen molar-refractivity contribution in [1.82, 2.24) is 10.3 Å². The van der Waals surface area contributed by atoms with Crippen LogP contribution in [0.4, 0.5) is 5.13 Å². The van der Waals surface area contributed by atoms with Crippen LogP contribution in [0.15, 0.2) is 6.20 Å². The van der Waals surface area contributed by atoms with Gasteiger partial charge in [-0.05, 0) is 19.4 Å². The molecule has 15 heavy (non-hydrogen) atoms. The number of halogens is 2. The second-order valence-corrected chi connectivity index (χ2v) is 4.77. The van der Waals surface area contributed by atoms with E-state index in [9.17, 15) is 4.79 Å². The van der Waals surface area contributed by atoms with Crippen molar-refractivity contribution in [2.75, 3.05) is 11.9 Å². The summed E-state index contributed by atoms with van der Waals surface area (Å²) in [5, 5.41) is 6.41. The number of anilines is 1. The average molecular weight is 268 g/mol. The lowest BCUT2D eigenvalue weighted by atomic mass is 10.2. The predicted molar refractivity (Wildman–Crippen MR) is 64.0 cm³/mol. The highest BCUT2D eigenvalue weighted by Crippen LogP contribution is 2.22. The number of amides is 1. The zero-order chi connectivity index (χ0) is 9.97. The minimum atomic E-state index is -0.0716. The van der Waals surface area contributed by atoms with Crippen molar-refractivity contribution in [3.8, 4) is 0 Å². The number of aromatic nitrogens is 1. The molecule has 0 aromatic carbocycles. The first-order valence-corrected chi connectivity index (χ1v) is 5.61. The zero-order valence-electron chi connectivity index (χ0n) is 7.83. The first kappa shape index (κ1) is 12.7. The normalized spacial score (nSPS) is 19.7. The molecule has 1 aliphatic heterocycles. The number of carbonyl (C=O) groups is 1. The molecule has 0 spiro atoms. The monoisotopic (exact) mass is 267 g/mol. The van der Waals surface area contributed by atoms with Crippen molar-refractivity contribution in [3.63, 3.8) is 0 Å². The molecule has 7 heteroatoms. The van der Waals surface area contributed by atoms with Gasteiger partial charge in [0.1, 0.15) is 4.34 Å². The highest BCUT2D eigenvalue weighted by Gasteiger charge is 2.22. The summed E-state index contributed by atoms with van der Waals surface area (Å²) in [7, 11) is 0. The largest absolute Gasteiger partial charge is 0.306 e. The van der Waals surface area contributed by atoms with E-state index in [1.807, 2.05) is 0 Å². The molecule has 1 aliphatic rings. The van der Waals surface area contributed by atoms with E-state index in [0.29, 0.717) is 9.47 Å². The second kappa shape index (κ2) is 5.65. The molecular weight excluding hydrogens is 257 g/mol. The highest BCUT2D eigenvalue weighted by molar-refractivity contribution is 7.19. The van der Waals surface area contributed by atoms with Crippen molar-refractivity contribution in [1.29, 1.82) is 0 Å². The smallest absolute Gasteiger partial charge is 0.243 e. The van der Waals surface area contributed by atoms with Crippen molar-refractivity contribution in [3.05, 3.63) is 10.5 Å². The number of carbonyl (C=O) groups excluding carboxylic acids is 1. The number of thiazole rings is 1. The Morgan fingerprint density at radius 3 is 3.07 bits per heavy atom. The van der Waals surface area contributed by atoms with E-state index in [0.717, 1.165) is 19.4 Å². The fourth-order valence-electron chi connectivity index (χ4n) is 1.41. The topological polar surface area (TPSA) is 54.0 Å². The van der Waals surface area contributed by atoms with Gasteiger partial charge in [-0.1, -0.05) is 22.9 Å². The van der Waals surface area contributed by atoms with Gasteiger partial charge in [-0.25, -0.2) is 4.98 Å². The fraction of sp³-hybridized carbons (Fsp3) is 0.500.